The molecule has 118 valence electrons. The Balaban J connectivity index is 2.14. The Morgan fingerprint density at radius 2 is 1.86 bits per heavy atom. The number of hydrogen-bond acceptors (Lipinski definition) is 2. The molecule has 3 heteroatoms. The molecular formula is C18H29FN2. The second-order valence-electron chi connectivity index (χ2n) is 7.39. The summed E-state index contributed by atoms with van der Waals surface area (Å²) in [7, 11) is 2.09. The van der Waals surface area contributed by atoms with Gasteiger partial charge in [-0.3, -0.25) is 4.90 Å². The van der Waals surface area contributed by atoms with Crippen molar-refractivity contribution in [2.45, 2.75) is 58.0 Å². The van der Waals surface area contributed by atoms with Crippen LogP contribution in [0.5, 0.6) is 0 Å². The lowest BCUT2D eigenvalue weighted by Crippen LogP contribution is -2.51. The topological polar surface area (TPSA) is 29.3 Å². The average molecular weight is 292 g/mol. The molecule has 1 aromatic rings. The highest BCUT2D eigenvalue weighted by molar-refractivity contribution is 5.17. The molecule has 0 aliphatic heterocycles. The Labute approximate surface area is 128 Å². The minimum absolute atomic E-state index is 0.00997. The second kappa shape index (κ2) is 6.45. The van der Waals surface area contributed by atoms with Crippen LogP contribution in [-0.2, 0) is 6.54 Å². The standard InChI is InChI=1S/C18H29FN2/c1-17(2)9-6-10-18(14-20,12-11-17)21(3)13-15-7-4-5-8-16(15)19/h4-5,7-8H,6,9-14,20H2,1-3H3. The summed E-state index contributed by atoms with van der Waals surface area (Å²) in [4.78, 5) is 2.28. The van der Waals surface area contributed by atoms with Crippen molar-refractivity contribution in [1.29, 1.82) is 0 Å². The molecule has 0 spiro atoms. The molecule has 0 saturated heterocycles. The minimum atomic E-state index is -0.120. The van der Waals surface area contributed by atoms with Crippen molar-refractivity contribution in [3.05, 3.63) is 35.6 Å². The van der Waals surface area contributed by atoms with Crippen LogP contribution in [0.2, 0.25) is 0 Å². The monoisotopic (exact) mass is 292 g/mol. The maximum absolute atomic E-state index is 13.9. The van der Waals surface area contributed by atoms with E-state index in [9.17, 15) is 4.39 Å². The summed E-state index contributed by atoms with van der Waals surface area (Å²) in [5, 5.41) is 0. The average Bonchev–Trinajstić information content (AvgIpc) is 2.60. The predicted octanol–water partition coefficient (Wildman–Crippen LogP) is 3.95. The summed E-state index contributed by atoms with van der Waals surface area (Å²) in [6, 6.07) is 7.05. The fourth-order valence-corrected chi connectivity index (χ4v) is 3.51. The first-order valence-corrected chi connectivity index (χ1v) is 8.03. The van der Waals surface area contributed by atoms with Crippen LogP contribution in [-0.4, -0.2) is 24.0 Å². The van der Waals surface area contributed by atoms with Gasteiger partial charge < -0.3 is 5.73 Å². The molecule has 0 aromatic heterocycles. The zero-order valence-corrected chi connectivity index (χ0v) is 13.7. The quantitative estimate of drug-likeness (QED) is 0.852. The van der Waals surface area contributed by atoms with E-state index in [1.54, 1.807) is 6.07 Å². The Morgan fingerprint density at radius 3 is 2.52 bits per heavy atom. The molecule has 1 unspecified atom stereocenters. The van der Waals surface area contributed by atoms with Crippen molar-refractivity contribution >= 4 is 0 Å². The summed E-state index contributed by atoms with van der Waals surface area (Å²) < 4.78 is 13.9. The maximum Gasteiger partial charge on any atom is 0.127 e. The SMILES string of the molecule is CN(Cc1ccccc1F)C1(CN)CCCC(C)(C)CC1. The van der Waals surface area contributed by atoms with Gasteiger partial charge >= 0.3 is 0 Å². The predicted molar refractivity (Wildman–Crippen MR) is 86.5 cm³/mol. The van der Waals surface area contributed by atoms with Gasteiger partial charge in [0.2, 0.25) is 0 Å². The molecule has 0 heterocycles. The molecule has 0 radical (unpaired) electrons. The van der Waals surface area contributed by atoms with Crippen LogP contribution < -0.4 is 5.73 Å². The molecule has 1 saturated carbocycles. The van der Waals surface area contributed by atoms with E-state index in [1.807, 2.05) is 12.1 Å². The van der Waals surface area contributed by atoms with Crippen LogP contribution in [0.1, 0.15) is 51.5 Å². The van der Waals surface area contributed by atoms with Crippen molar-refractivity contribution in [3.8, 4) is 0 Å². The summed E-state index contributed by atoms with van der Waals surface area (Å²) in [6.07, 6.45) is 5.85. The highest BCUT2D eigenvalue weighted by Gasteiger charge is 2.37. The number of nitrogens with two attached hydrogens (primary N) is 1. The Bertz CT molecular complexity index is 472. The first-order valence-electron chi connectivity index (χ1n) is 8.03. The lowest BCUT2D eigenvalue weighted by Gasteiger charge is -2.41. The van der Waals surface area contributed by atoms with Crippen LogP contribution in [0.15, 0.2) is 24.3 Å². The third-order valence-corrected chi connectivity index (χ3v) is 5.32. The van der Waals surface area contributed by atoms with Crippen molar-refractivity contribution in [3.63, 3.8) is 0 Å². The minimum Gasteiger partial charge on any atom is -0.329 e. The molecule has 1 fully saturated rings. The highest BCUT2D eigenvalue weighted by atomic mass is 19.1. The summed E-state index contributed by atoms with van der Waals surface area (Å²) in [5.41, 5.74) is 7.32. The summed E-state index contributed by atoms with van der Waals surface area (Å²) in [5.74, 6) is -0.120. The smallest absolute Gasteiger partial charge is 0.127 e. The van der Waals surface area contributed by atoms with Gasteiger partial charge in [-0.1, -0.05) is 38.5 Å². The van der Waals surface area contributed by atoms with Crippen LogP contribution in [0, 0.1) is 11.2 Å². The normalized spacial score (nSPS) is 25.8. The second-order valence-corrected chi connectivity index (χ2v) is 7.39. The third-order valence-electron chi connectivity index (χ3n) is 5.32. The fraction of sp³-hybridized carbons (Fsp3) is 0.667. The molecule has 2 nitrogen and oxygen atoms in total. The zero-order chi connectivity index (χ0) is 15.5. The molecule has 0 amide bonds. The first kappa shape index (κ1) is 16.4. The Kier molecular flexibility index (Phi) is 5.05. The summed E-state index contributed by atoms with van der Waals surface area (Å²) >= 11 is 0. The van der Waals surface area contributed by atoms with Gasteiger partial charge in [0.25, 0.3) is 0 Å². The Hall–Kier alpha value is -0.930. The summed E-state index contributed by atoms with van der Waals surface area (Å²) in [6.45, 7) is 5.96. The molecule has 1 atom stereocenters. The molecule has 1 aromatic carbocycles. The fourth-order valence-electron chi connectivity index (χ4n) is 3.51. The van der Waals surface area contributed by atoms with Crippen molar-refractivity contribution in [2.24, 2.45) is 11.1 Å². The van der Waals surface area contributed by atoms with E-state index in [0.717, 1.165) is 18.4 Å². The zero-order valence-electron chi connectivity index (χ0n) is 13.7. The van der Waals surface area contributed by atoms with E-state index in [2.05, 4.69) is 25.8 Å². The van der Waals surface area contributed by atoms with Crippen molar-refractivity contribution in [2.75, 3.05) is 13.6 Å². The van der Waals surface area contributed by atoms with Crippen molar-refractivity contribution < 1.29 is 4.39 Å². The van der Waals surface area contributed by atoms with Gasteiger partial charge in [-0.2, -0.15) is 0 Å². The van der Waals surface area contributed by atoms with Gasteiger partial charge in [-0.05, 0) is 44.2 Å². The molecule has 0 bridgehead atoms. The molecule has 1 aliphatic rings. The van der Waals surface area contributed by atoms with Crippen LogP contribution in [0.4, 0.5) is 4.39 Å². The maximum atomic E-state index is 13.9. The molecule has 1 aliphatic carbocycles. The van der Waals surface area contributed by atoms with E-state index in [1.165, 1.54) is 25.3 Å². The van der Waals surface area contributed by atoms with Gasteiger partial charge in [0, 0.05) is 24.2 Å². The number of nitrogens with zero attached hydrogens (tertiary/aromatic N) is 1. The van der Waals surface area contributed by atoms with Gasteiger partial charge in [0.1, 0.15) is 5.82 Å². The molecule has 2 N–H and O–H groups in total. The molecule has 21 heavy (non-hydrogen) atoms. The van der Waals surface area contributed by atoms with Gasteiger partial charge in [0.05, 0.1) is 0 Å². The molecule has 2 rings (SSSR count). The third kappa shape index (κ3) is 3.83. The van der Waals surface area contributed by atoms with Gasteiger partial charge in [-0.25, -0.2) is 4.39 Å². The van der Waals surface area contributed by atoms with Crippen LogP contribution in [0.3, 0.4) is 0 Å². The highest BCUT2D eigenvalue weighted by Crippen LogP contribution is 2.40. The van der Waals surface area contributed by atoms with E-state index in [0.29, 0.717) is 18.5 Å². The largest absolute Gasteiger partial charge is 0.329 e. The van der Waals surface area contributed by atoms with Crippen LogP contribution in [0.25, 0.3) is 0 Å². The lowest BCUT2D eigenvalue weighted by molar-refractivity contribution is 0.0950. The first-order chi connectivity index (χ1) is 9.88. The van der Waals surface area contributed by atoms with E-state index >= 15 is 0 Å². The number of benzene rings is 1. The number of rotatable bonds is 4. The van der Waals surface area contributed by atoms with E-state index in [4.69, 9.17) is 5.73 Å². The van der Waals surface area contributed by atoms with E-state index < -0.39 is 0 Å². The van der Waals surface area contributed by atoms with Crippen molar-refractivity contribution in [1.82, 2.24) is 4.90 Å². The number of hydrogen-bond donors (Lipinski definition) is 1. The molecular weight excluding hydrogens is 263 g/mol. The van der Waals surface area contributed by atoms with Gasteiger partial charge in [-0.15, -0.1) is 0 Å². The Morgan fingerprint density at radius 1 is 1.14 bits per heavy atom. The van der Waals surface area contributed by atoms with E-state index in [-0.39, 0.29) is 11.4 Å². The van der Waals surface area contributed by atoms with Gasteiger partial charge in [0.15, 0.2) is 0 Å². The number of halogens is 1. The van der Waals surface area contributed by atoms with Crippen LogP contribution >= 0.6 is 0 Å². The lowest BCUT2D eigenvalue weighted by atomic mass is 9.83. The number of likely N-dealkylation sites (N-methyl/N-ethyl adjacent to an activating group) is 1.